The van der Waals surface area contributed by atoms with Gasteiger partial charge in [-0.25, -0.2) is 0 Å². The summed E-state index contributed by atoms with van der Waals surface area (Å²) in [5.41, 5.74) is 1.33. The number of Topliss-reactive ketones (excluding diaryl/α,β-unsaturated/α-hetero) is 1. The molecule has 0 aliphatic heterocycles. The molecule has 0 unspecified atom stereocenters. The summed E-state index contributed by atoms with van der Waals surface area (Å²) in [6, 6.07) is 7.32. The van der Waals surface area contributed by atoms with Gasteiger partial charge in [0.15, 0.2) is 16.8 Å². The summed E-state index contributed by atoms with van der Waals surface area (Å²) >= 11 is 1.44. The number of hydrogen-bond donors (Lipinski definition) is 2. The first-order valence-electron chi connectivity index (χ1n) is 10.7. The summed E-state index contributed by atoms with van der Waals surface area (Å²) in [6.45, 7) is 7.00. The van der Waals surface area contributed by atoms with Gasteiger partial charge in [0.25, 0.3) is 0 Å². The van der Waals surface area contributed by atoms with Gasteiger partial charge in [0, 0.05) is 30.6 Å². The van der Waals surface area contributed by atoms with Crippen LogP contribution >= 0.6 is 11.8 Å². The number of carbonyl (C=O) groups excluding carboxylic acids is 2. The van der Waals surface area contributed by atoms with Gasteiger partial charge < -0.3 is 14.8 Å². The summed E-state index contributed by atoms with van der Waals surface area (Å²) < 4.78 is 2.19. The summed E-state index contributed by atoms with van der Waals surface area (Å²) in [7, 11) is 4.27. The Bertz CT molecular complexity index is 833. The predicted octanol–water partition coefficient (Wildman–Crippen LogP) is 3.00. The molecule has 7 nitrogen and oxygen atoms in total. The normalized spacial score (nSPS) is 12.2. The molecule has 0 spiro atoms. The first-order chi connectivity index (χ1) is 14.4. The van der Waals surface area contributed by atoms with Gasteiger partial charge in [0.2, 0.25) is 5.91 Å². The number of carbonyl (C=O) groups is 2. The second kappa shape index (κ2) is 11.9. The molecular weight excluding hydrogens is 398 g/mol. The van der Waals surface area contributed by atoms with E-state index >= 15 is 0 Å². The highest BCUT2D eigenvalue weighted by atomic mass is 32.2. The second-order valence-corrected chi connectivity index (χ2v) is 8.52. The van der Waals surface area contributed by atoms with Crippen molar-refractivity contribution < 1.29 is 14.5 Å². The molecule has 0 fully saturated rings. The highest BCUT2D eigenvalue weighted by Gasteiger charge is 2.25. The van der Waals surface area contributed by atoms with Crippen molar-refractivity contribution in [2.24, 2.45) is 0 Å². The molecule has 0 saturated carbocycles. The maximum Gasteiger partial charge on any atom is 0.224 e. The number of anilines is 1. The highest BCUT2D eigenvalue weighted by Crippen LogP contribution is 2.23. The molecule has 0 aliphatic rings. The highest BCUT2D eigenvalue weighted by molar-refractivity contribution is 7.99. The molecule has 1 heterocycles. The van der Waals surface area contributed by atoms with Crippen LogP contribution in [0.4, 0.5) is 5.69 Å². The molecule has 0 aliphatic carbocycles. The number of benzene rings is 1. The van der Waals surface area contributed by atoms with Crippen LogP contribution < -0.4 is 10.2 Å². The number of unbranched alkanes of at least 4 members (excludes halogenated alkanes) is 1. The molecule has 0 radical (unpaired) electrons. The van der Waals surface area contributed by atoms with Crippen molar-refractivity contribution in [3.8, 4) is 0 Å². The molecule has 2 N–H and O–H groups in total. The molecule has 0 bridgehead atoms. The lowest BCUT2D eigenvalue weighted by Gasteiger charge is -2.20. The number of ketones is 1. The van der Waals surface area contributed by atoms with Crippen LogP contribution in [0.1, 0.15) is 68.7 Å². The number of amides is 1. The van der Waals surface area contributed by atoms with E-state index in [9.17, 15) is 9.59 Å². The summed E-state index contributed by atoms with van der Waals surface area (Å²) in [4.78, 5) is 25.5. The molecule has 2 rings (SSSR count). The zero-order valence-corrected chi connectivity index (χ0v) is 19.5. The van der Waals surface area contributed by atoms with Crippen molar-refractivity contribution in [1.82, 2.24) is 14.8 Å². The quantitative estimate of drug-likeness (QED) is 0.398. The van der Waals surface area contributed by atoms with Crippen LogP contribution in [0.5, 0.6) is 0 Å². The number of nitrogens with one attached hydrogen (secondary N) is 2. The molecule has 1 amide bonds. The van der Waals surface area contributed by atoms with Crippen molar-refractivity contribution >= 4 is 29.1 Å². The number of hydrogen-bond acceptors (Lipinski definition) is 5. The maximum atomic E-state index is 12.7. The third-order valence-electron chi connectivity index (χ3n) is 5.04. The van der Waals surface area contributed by atoms with Crippen LogP contribution in [0.3, 0.4) is 0 Å². The Hall–Kier alpha value is -2.19. The molecular formula is C22H34N5O2S+. The van der Waals surface area contributed by atoms with E-state index in [-0.39, 0.29) is 17.7 Å². The Balaban J connectivity index is 2.09. The first kappa shape index (κ1) is 24.1. The summed E-state index contributed by atoms with van der Waals surface area (Å²) in [5.74, 6) is 1.29. The van der Waals surface area contributed by atoms with Gasteiger partial charge in [-0.3, -0.25) is 9.59 Å². The zero-order chi connectivity index (χ0) is 22.1. The van der Waals surface area contributed by atoms with Crippen LogP contribution in [0.15, 0.2) is 29.4 Å². The van der Waals surface area contributed by atoms with Crippen molar-refractivity contribution in [2.75, 3.05) is 25.2 Å². The van der Waals surface area contributed by atoms with E-state index in [1.807, 2.05) is 0 Å². The van der Waals surface area contributed by atoms with Crippen LogP contribution in [-0.2, 0) is 11.3 Å². The summed E-state index contributed by atoms with van der Waals surface area (Å²) in [6.07, 6.45) is 3.55. The SMILES string of the molecule is CCCCn1c(SCC(=O)c2ccc(NC(=O)CC)cc2)nnc1[C@@H](CC)[NH+](C)C. The van der Waals surface area contributed by atoms with Gasteiger partial charge in [-0.15, -0.1) is 10.2 Å². The van der Waals surface area contributed by atoms with Crippen LogP contribution in [0.2, 0.25) is 0 Å². The predicted molar refractivity (Wildman–Crippen MR) is 121 cm³/mol. The van der Waals surface area contributed by atoms with Gasteiger partial charge in [-0.05, 0) is 30.7 Å². The van der Waals surface area contributed by atoms with Gasteiger partial charge in [-0.1, -0.05) is 39.0 Å². The fraction of sp³-hybridized carbons (Fsp3) is 0.545. The maximum absolute atomic E-state index is 12.7. The monoisotopic (exact) mass is 432 g/mol. The molecule has 1 aromatic carbocycles. The average Bonchev–Trinajstić information content (AvgIpc) is 3.13. The number of thioether (sulfide) groups is 1. The lowest BCUT2D eigenvalue weighted by Crippen LogP contribution is -3.06. The Kier molecular flexibility index (Phi) is 9.52. The van der Waals surface area contributed by atoms with Gasteiger partial charge in [0.1, 0.15) is 6.04 Å². The Morgan fingerprint density at radius 1 is 1.13 bits per heavy atom. The fourth-order valence-electron chi connectivity index (χ4n) is 3.24. The molecule has 0 saturated heterocycles. The average molecular weight is 433 g/mol. The molecule has 2 aromatic rings. The Morgan fingerprint density at radius 2 is 1.83 bits per heavy atom. The fourth-order valence-corrected chi connectivity index (χ4v) is 4.11. The van der Waals surface area contributed by atoms with Crippen molar-refractivity contribution in [2.45, 2.75) is 64.2 Å². The van der Waals surface area contributed by atoms with Crippen LogP contribution in [0, 0.1) is 0 Å². The topological polar surface area (TPSA) is 81.3 Å². The minimum absolute atomic E-state index is 0.0326. The third kappa shape index (κ3) is 6.40. The van der Waals surface area contributed by atoms with Crippen molar-refractivity contribution in [1.29, 1.82) is 0 Å². The lowest BCUT2D eigenvalue weighted by atomic mass is 10.1. The zero-order valence-electron chi connectivity index (χ0n) is 18.7. The van der Waals surface area contributed by atoms with Crippen molar-refractivity contribution in [3.05, 3.63) is 35.7 Å². The second-order valence-electron chi connectivity index (χ2n) is 7.58. The van der Waals surface area contributed by atoms with Gasteiger partial charge in [-0.2, -0.15) is 0 Å². The van der Waals surface area contributed by atoms with Crippen LogP contribution in [0.25, 0.3) is 0 Å². The number of nitrogens with zero attached hydrogens (tertiary/aromatic N) is 3. The largest absolute Gasteiger partial charge is 0.331 e. The van der Waals surface area contributed by atoms with E-state index in [0.29, 0.717) is 23.4 Å². The molecule has 30 heavy (non-hydrogen) atoms. The number of rotatable bonds is 12. The minimum Gasteiger partial charge on any atom is -0.331 e. The lowest BCUT2D eigenvalue weighted by molar-refractivity contribution is -0.893. The standard InChI is InChI=1S/C22H33N5O2S/c1-6-9-14-27-21(18(7-2)26(4)5)24-25-22(27)30-15-19(28)16-10-12-17(13-11-16)23-20(29)8-3/h10-13,18H,6-9,14-15H2,1-5H3,(H,23,29)/p+1/t18-/m1/s1. The van der Waals surface area contributed by atoms with E-state index in [2.05, 4.69) is 48.0 Å². The van der Waals surface area contributed by atoms with Gasteiger partial charge in [0.05, 0.1) is 19.8 Å². The number of aromatic nitrogens is 3. The van der Waals surface area contributed by atoms with Crippen molar-refractivity contribution in [3.63, 3.8) is 0 Å². The Labute approximate surface area is 183 Å². The molecule has 8 heteroatoms. The minimum atomic E-state index is -0.0446. The third-order valence-corrected chi connectivity index (χ3v) is 6.01. The number of quaternary nitrogens is 1. The summed E-state index contributed by atoms with van der Waals surface area (Å²) in [5, 5.41) is 12.5. The van der Waals surface area contributed by atoms with E-state index in [0.717, 1.165) is 36.8 Å². The molecule has 164 valence electrons. The first-order valence-corrected chi connectivity index (χ1v) is 11.7. The van der Waals surface area contributed by atoms with E-state index in [1.54, 1.807) is 31.2 Å². The molecule has 1 aromatic heterocycles. The van der Waals surface area contributed by atoms with Crippen LogP contribution in [-0.4, -0.2) is 46.3 Å². The smallest absolute Gasteiger partial charge is 0.224 e. The van der Waals surface area contributed by atoms with E-state index in [4.69, 9.17) is 0 Å². The van der Waals surface area contributed by atoms with E-state index in [1.165, 1.54) is 16.7 Å². The molecule has 1 atom stereocenters. The van der Waals surface area contributed by atoms with Gasteiger partial charge >= 0.3 is 0 Å². The Morgan fingerprint density at radius 3 is 2.40 bits per heavy atom. The van der Waals surface area contributed by atoms with E-state index < -0.39 is 0 Å².